The van der Waals surface area contributed by atoms with E-state index in [0.29, 0.717) is 6.61 Å². The molecule has 2 rings (SSSR count). The van der Waals surface area contributed by atoms with Crippen LogP contribution in [0.25, 0.3) is 0 Å². The molecule has 2 saturated heterocycles. The lowest BCUT2D eigenvalue weighted by Gasteiger charge is -2.39. The molecule has 2 bridgehead atoms. The van der Waals surface area contributed by atoms with Gasteiger partial charge in [-0.3, -0.25) is 4.79 Å². The van der Waals surface area contributed by atoms with Crippen LogP contribution in [0.1, 0.15) is 53.4 Å². The molecule has 0 radical (unpaired) electrons. The number of carbonyl (C=O) groups excluding carboxylic acids is 2. The van der Waals surface area contributed by atoms with Gasteiger partial charge in [0.2, 0.25) is 0 Å². The Morgan fingerprint density at radius 3 is 2.27 bits per heavy atom. The zero-order chi connectivity index (χ0) is 16.3. The van der Waals surface area contributed by atoms with Crippen LogP contribution in [0.2, 0.25) is 0 Å². The number of hydrogen-bond donors (Lipinski definition) is 1. The summed E-state index contributed by atoms with van der Waals surface area (Å²) in [5.41, 5.74) is -0.463. The SMILES string of the molecule is CCOC(=O)CNC1C[C@H]2CC[C@@H](C1)N2C(=O)OC(C)(C)C. The first-order chi connectivity index (χ1) is 10.3. The smallest absolute Gasteiger partial charge is 0.410 e. The average Bonchev–Trinajstić information content (AvgIpc) is 2.66. The minimum absolute atomic E-state index is 0.205. The Labute approximate surface area is 132 Å². The number of esters is 1. The highest BCUT2D eigenvalue weighted by Gasteiger charge is 2.44. The molecule has 6 heteroatoms. The lowest BCUT2D eigenvalue weighted by Crippen LogP contribution is -2.53. The highest BCUT2D eigenvalue weighted by Crippen LogP contribution is 2.36. The van der Waals surface area contributed by atoms with Crippen molar-refractivity contribution in [2.75, 3.05) is 13.2 Å². The summed E-state index contributed by atoms with van der Waals surface area (Å²) in [6.07, 6.45) is 3.57. The van der Waals surface area contributed by atoms with E-state index >= 15 is 0 Å². The van der Waals surface area contributed by atoms with Gasteiger partial charge in [-0.2, -0.15) is 0 Å². The van der Waals surface area contributed by atoms with E-state index in [1.54, 1.807) is 6.92 Å². The lowest BCUT2D eigenvalue weighted by molar-refractivity contribution is -0.142. The number of amides is 1. The zero-order valence-electron chi connectivity index (χ0n) is 14.1. The Morgan fingerprint density at radius 1 is 1.18 bits per heavy atom. The summed E-state index contributed by atoms with van der Waals surface area (Å²) in [5, 5.41) is 3.26. The van der Waals surface area contributed by atoms with Gasteiger partial charge in [0.25, 0.3) is 0 Å². The van der Waals surface area contributed by atoms with Crippen molar-refractivity contribution in [3.8, 4) is 0 Å². The maximum Gasteiger partial charge on any atom is 0.410 e. The van der Waals surface area contributed by atoms with Gasteiger partial charge < -0.3 is 19.7 Å². The van der Waals surface area contributed by atoms with Crippen LogP contribution in [0.5, 0.6) is 0 Å². The molecule has 0 saturated carbocycles. The van der Waals surface area contributed by atoms with Crippen LogP contribution < -0.4 is 5.32 Å². The number of hydrogen-bond acceptors (Lipinski definition) is 5. The highest BCUT2D eigenvalue weighted by atomic mass is 16.6. The van der Waals surface area contributed by atoms with E-state index in [-0.39, 0.29) is 36.7 Å². The van der Waals surface area contributed by atoms with Gasteiger partial charge in [0, 0.05) is 18.1 Å². The van der Waals surface area contributed by atoms with E-state index in [9.17, 15) is 9.59 Å². The summed E-state index contributed by atoms with van der Waals surface area (Å²) in [6, 6.07) is 0.696. The predicted octanol–water partition coefficient (Wildman–Crippen LogP) is 2.07. The Kier molecular flexibility index (Phi) is 5.32. The van der Waals surface area contributed by atoms with Gasteiger partial charge in [-0.25, -0.2) is 4.79 Å². The molecule has 0 aromatic rings. The fourth-order valence-corrected chi connectivity index (χ4v) is 3.40. The number of rotatable bonds is 4. The number of nitrogens with zero attached hydrogens (tertiary/aromatic N) is 1. The second-order valence-electron chi connectivity index (χ2n) is 7.13. The van der Waals surface area contributed by atoms with Crippen molar-refractivity contribution in [3.05, 3.63) is 0 Å². The fourth-order valence-electron chi connectivity index (χ4n) is 3.40. The van der Waals surface area contributed by atoms with E-state index in [1.807, 2.05) is 25.7 Å². The summed E-state index contributed by atoms with van der Waals surface area (Å²) in [5.74, 6) is -0.218. The molecule has 2 aliphatic rings. The number of piperidine rings is 1. The van der Waals surface area contributed by atoms with E-state index < -0.39 is 5.60 Å². The molecule has 6 nitrogen and oxygen atoms in total. The fraction of sp³-hybridized carbons (Fsp3) is 0.875. The van der Waals surface area contributed by atoms with Gasteiger partial charge >= 0.3 is 12.1 Å². The van der Waals surface area contributed by atoms with Crippen LogP contribution in [0, 0.1) is 0 Å². The minimum Gasteiger partial charge on any atom is -0.465 e. The topological polar surface area (TPSA) is 67.9 Å². The molecule has 1 N–H and O–H groups in total. The molecule has 3 atom stereocenters. The monoisotopic (exact) mass is 312 g/mol. The highest BCUT2D eigenvalue weighted by molar-refractivity contribution is 5.71. The van der Waals surface area contributed by atoms with Gasteiger partial charge in [0.05, 0.1) is 13.2 Å². The number of nitrogens with one attached hydrogen (secondary N) is 1. The predicted molar refractivity (Wildman–Crippen MR) is 82.5 cm³/mol. The summed E-state index contributed by atoms with van der Waals surface area (Å²) in [6.45, 7) is 8.12. The Hall–Kier alpha value is -1.30. The molecule has 0 aliphatic carbocycles. The Bertz CT molecular complexity index is 405. The second kappa shape index (κ2) is 6.86. The van der Waals surface area contributed by atoms with Crippen LogP contribution in [0.3, 0.4) is 0 Å². The first-order valence-electron chi connectivity index (χ1n) is 8.20. The standard InChI is InChI=1S/C16H28N2O4/c1-5-21-14(19)10-17-11-8-12-6-7-13(9-11)18(12)15(20)22-16(2,3)4/h11-13,17H,5-10H2,1-4H3/t11?,12-,13+. The molecule has 2 aliphatic heterocycles. The summed E-state index contributed by atoms with van der Waals surface area (Å²) < 4.78 is 10.4. The van der Waals surface area contributed by atoms with Crippen molar-refractivity contribution in [1.82, 2.24) is 10.2 Å². The van der Waals surface area contributed by atoms with E-state index in [1.165, 1.54) is 0 Å². The first kappa shape index (κ1) is 17.1. The Balaban J connectivity index is 1.86. The summed E-state index contributed by atoms with van der Waals surface area (Å²) in [4.78, 5) is 25.7. The van der Waals surface area contributed by atoms with Crippen LogP contribution in [-0.2, 0) is 14.3 Å². The van der Waals surface area contributed by atoms with Gasteiger partial charge in [-0.15, -0.1) is 0 Å². The molecule has 0 spiro atoms. The summed E-state index contributed by atoms with van der Waals surface area (Å²) >= 11 is 0. The molecule has 0 aromatic carbocycles. The molecule has 1 amide bonds. The number of fused-ring (bicyclic) bond motifs is 2. The van der Waals surface area contributed by atoms with Crippen molar-refractivity contribution in [2.24, 2.45) is 0 Å². The van der Waals surface area contributed by atoms with Gasteiger partial charge in [0.1, 0.15) is 5.60 Å². The van der Waals surface area contributed by atoms with Gasteiger partial charge in [-0.05, 0) is 53.4 Å². The quantitative estimate of drug-likeness (QED) is 0.805. The van der Waals surface area contributed by atoms with Crippen molar-refractivity contribution < 1.29 is 19.1 Å². The number of carbonyl (C=O) groups is 2. The molecule has 126 valence electrons. The number of ether oxygens (including phenoxy) is 2. The minimum atomic E-state index is -0.463. The van der Waals surface area contributed by atoms with Crippen molar-refractivity contribution >= 4 is 12.1 Å². The van der Waals surface area contributed by atoms with Crippen molar-refractivity contribution in [1.29, 1.82) is 0 Å². The van der Waals surface area contributed by atoms with Crippen molar-refractivity contribution in [3.63, 3.8) is 0 Å². The van der Waals surface area contributed by atoms with Gasteiger partial charge in [0.15, 0.2) is 0 Å². The first-order valence-corrected chi connectivity index (χ1v) is 8.20. The van der Waals surface area contributed by atoms with E-state index in [0.717, 1.165) is 25.7 Å². The molecule has 0 aromatic heterocycles. The normalized spacial score (nSPS) is 27.6. The molecule has 1 unspecified atom stereocenters. The third-order valence-corrected chi connectivity index (χ3v) is 4.18. The largest absolute Gasteiger partial charge is 0.465 e. The molecule has 22 heavy (non-hydrogen) atoms. The maximum atomic E-state index is 12.3. The summed E-state index contributed by atoms with van der Waals surface area (Å²) in [7, 11) is 0. The van der Waals surface area contributed by atoms with Gasteiger partial charge in [-0.1, -0.05) is 0 Å². The Morgan fingerprint density at radius 2 is 1.77 bits per heavy atom. The molecular formula is C16H28N2O4. The van der Waals surface area contributed by atoms with E-state index in [2.05, 4.69) is 5.32 Å². The average molecular weight is 312 g/mol. The van der Waals surface area contributed by atoms with Crippen LogP contribution >= 0.6 is 0 Å². The second-order valence-corrected chi connectivity index (χ2v) is 7.13. The molecule has 2 fully saturated rings. The zero-order valence-corrected chi connectivity index (χ0v) is 14.1. The van der Waals surface area contributed by atoms with Crippen LogP contribution in [0.4, 0.5) is 4.79 Å². The lowest BCUT2D eigenvalue weighted by atomic mass is 9.98. The molecular weight excluding hydrogens is 284 g/mol. The third-order valence-electron chi connectivity index (χ3n) is 4.18. The van der Waals surface area contributed by atoms with Crippen molar-refractivity contribution in [2.45, 2.75) is 77.1 Å². The molecule has 2 heterocycles. The third kappa shape index (κ3) is 4.35. The van der Waals surface area contributed by atoms with E-state index in [4.69, 9.17) is 9.47 Å². The van der Waals surface area contributed by atoms with Crippen LogP contribution in [-0.4, -0.2) is 53.8 Å². The van der Waals surface area contributed by atoms with Crippen LogP contribution in [0.15, 0.2) is 0 Å². The maximum absolute atomic E-state index is 12.3.